The van der Waals surface area contributed by atoms with Crippen LogP contribution >= 0.6 is 22.7 Å². The molecule has 0 saturated heterocycles. The highest BCUT2D eigenvalue weighted by Crippen LogP contribution is 2.26. The second-order valence-corrected chi connectivity index (χ2v) is 5.04. The molecule has 3 N–H and O–H groups in total. The minimum absolute atomic E-state index is 0.131. The molecule has 2 heterocycles. The molecule has 0 bridgehead atoms. The zero-order chi connectivity index (χ0) is 9.97. The summed E-state index contributed by atoms with van der Waals surface area (Å²) in [5, 5.41) is 6.34. The average molecular weight is 224 g/mol. The van der Waals surface area contributed by atoms with Gasteiger partial charge in [0.2, 0.25) is 0 Å². The van der Waals surface area contributed by atoms with Crippen molar-refractivity contribution >= 4 is 22.7 Å². The van der Waals surface area contributed by atoms with Gasteiger partial charge in [-0.3, -0.25) is 5.84 Å². The normalized spacial score (nSPS) is 13.0. The lowest BCUT2D eigenvalue weighted by molar-refractivity contribution is 0.640. The van der Waals surface area contributed by atoms with Gasteiger partial charge in [0.15, 0.2) is 0 Å². The maximum atomic E-state index is 5.56. The minimum Gasteiger partial charge on any atom is -0.271 e. The van der Waals surface area contributed by atoms with Gasteiger partial charge in [0.25, 0.3) is 0 Å². The third kappa shape index (κ3) is 1.88. The predicted octanol–water partition coefficient (Wildman–Crippen LogP) is 2.67. The summed E-state index contributed by atoms with van der Waals surface area (Å²) in [5.41, 5.74) is 5.32. The van der Waals surface area contributed by atoms with Gasteiger partial charge in [0, 0.05) is 4.88 Å². The molecule has 0 saturated carbocycles. The maximum absolute atomic E-state index is 5.56. The van der Waals surface area contributed by atoms with Crippen molar-refractivity contribution in [3.63, 3.8) is 0 Å². The number of hydrogen-bond acceptors (Lipinski definition) is 4. The Kier molecular flexibility index (Phi) is 2.98. The van der Waals surface area contributed by atoms with E-state index in [0.29, 0.717) is 0 Å². The topological polar surface area (TPSA) is 38.0 Å². The van der Waals surface area contributed by atoms with Crippen LogP contribution in [0.4, 0.5) is 0 Å². The van der Waals surface area contributed by atoms with E-state index in [2.05, 4.69) is 40.6 Å². The van der Waals surface area contributed by atoms with Crippen LogP contribution in [0.2, 0.25) is 0 Å². The number of rotatable bonds is 3. The lowest BCUT2D eigenvalue weighted by Gasteiger charge is -2.12. The highest BCUT2D eigenvalue weighted by Gasteiger charge is 2.13. The van der Waals surface area contributed by atoms with E-state index in [0.717, 1.165) is 0 Å². The largest absolute Gasteiger partial charge is 0.271 e. The van der Waals surface area contributed by atoms with Gasteiger partial charge >= 0.3 is 0 Å². The molecule has 2 aromatic rings. The highest BCUT2D eigenvalue weighted by atomic mass is 32.1. The van der Waals surface area contributed by atoms with Gasteiger partial charge in [-0.25, -0.2) is 5.43 Å². The van der Waals surface area contributed by atoms with E-state index in [9.17, 15) is 0 Å². The third-order valence-corrected chi connectivity index (χ3v) is 3.71. The highest BCUT2D eigenvalue weighted by molar-refractivity contribution is 7.10. The molecule has 0 aromatic carbocycles. The van der Waals surface area contributed by atoms with Crippen LogP contribution in [0.3, 0.4) is 0 Å². The molecular weight excluding hydrogens is 212 g/mol. The molecule has 2 nitrogen and oxygen atoms in total. The summed E-state index contributed by atoms with van der Waals surface area (Å²) < 4.78 is 0. The fraction of sp³-hybridized carbons (Fsp3) is 0.200. The fourth-order valence-electron chi connectivity index (χ4n) is 1.44. The summed E-state index contributed by atoms with van der Waals surface area (Å²) in [6.07, 6.45) is 0. The molecule has 2 rings (SSSR count). The molecule has 0 radical (unpaired) electrons. The Hall–Kier alpha value is -0.680. The molecule has 0 spiro atoms. The smallest absolute Gasteiger partial charge is 0.0726 e. The van der Waals surface area contributed by atoms with Crippen LogP contribution in [0, 0.1) is 6.92 Å². The van der Waals surface area contributed by atoms with Gasteiger partial charge in [0.1, 0.15) is 0 Å². The Labute approximate surface area is 91.4 Å². The van der Waals surface area contributed by atoms with Gasteiger partial charge in [-0.05, 0) is 46.3 Å². The summed E-state index contributed by atoms with van der Waals surface area (Å²) in [6.45, 7) is 2.11. The summed E-state index contributed by atoms with van der Waals surface area (Å²) in [6, 6.07) is 4.40. The second-order valence-electron chi connectivity index (χ2n) is 3.15. The van der Waals surface area contributed by atoms with Crippen LogP contribution in [0.25, 0.3) is 0 Å². The van der Waals surface area contributed by atoms with Gasteiger partial charge < -0.3 is 0 Å². The van der Waals surface area contributed by atoms with Gasteiger partial charge in [-0.2, -0.15) is 11.3 Å². The Bertz CT molecular complexity index is 392. The van der Waals surface area contributed by atoms with Crippen molar-refractivity contribution in [1.82, 2.24) is 5.43 Å². The van der Waals surface area contributed by atoms with E-state index in [1.54, 1.807) is 22.7 Å². The van der Waals surface area contributed by atoms with E-state index in [4.69, 9.17) is 5.84 Å². The lowest BCUT2D eigenvalue weighted by atomic mass is 10.1. The first-order chi connectivity index (χ1) is 6.81. The van der Waals surface area contributed by atoms with E-state index in [1.807, 2.05) is 0 Å². The second kappa shape index (κ2) is 4.23. The molecule has 1 atom stereocenters. The number of hydrazine groups is 1. The summed E-state index contributed by atoms with van der Waals surface area (Å²) in [7, 11) is 0. The van der Waals surface area contributed by atoms with Crippen molar-refractivity contribution in [2.75, 3.05) is 0 Å². The Balaban J connectivity index is 2.31. The molecule has 0 fully saturated rings. The Morgan fingerprint density at radius 2 is 2.21 bits per heavy atom. The number of nitrogens with one attached hydrogen (secondary N) is 1. The van der Waals surface area contributed by atoms with E-state index >= 15 is 0 Å². The SMILES string of the molecule is Cc1cc(C(NN)c2ccsc2)cs1. The van der Waals surface area contributed by atoms with Crippen molar-refractivity contribution < 1.29 is 0 Å². The first-order valence-corrected chi connectivity index (χ1v) is 6.17. The average Bonchev–Trinajstić information content (AvgIpc) is 2.79. The van der Waals surface area contributed by atoms with E-state index in [1.165, 1.54) is 16.0 Å². The molecule has 1 unspecified atom stereocenters. The van der Waals surface area contributed by atoms with E-state index < -0.39 is 0 Å². The van der Waals surface area contributed by atoms with Crippen LogP contribution in [0.5, 0.6) is 0 Å². The van der Waals surface area contributed by atoms with Gasteiger partial charge in [-0.15, -0.1) is 11.3 Å². The zero-order valence-electron chi connectivity index (χ0n) is 7.86. The summed E-state index contributed by atoms with van der Waals surface area (Å²) >= 11 is 3.45. The number of nitrogens with two attached hydrogens (primary N) is 1. The molecule has 0 amide bonds. The first kappa shape index (κ1) is 9.86. The van der Waals surface area contributed by atoms with Crippen LogP contribution in [-0.2, 0) is 0 Å². The number of thiophene rings is 2. The monoisotopic (exact) mass is 224 g/mol. The van der Waals surface area contributed by atoms with Crippen molar-refractivity contribution in [2.24, 2.45) is 5.84 Å². The standard InChI is InChI=1S/C10H12N2S2/c1-7-4-9(6-14-7)10(12-11)8-2-3-13-5-8/h2-6,10,12H,11H2,1H3. The molecule has 0 aliphatic rings. The van der Waals surface area contributed by atoms with Crippen molar-refractivity contribution in [3.8, 4) is 0 Å². The van der Waals surface area contributed by atoms with E-state index in [-0.39, 0.29) is 6.04 Å². The van der Waals surface area contributed by atoms with Crippen LogP contribution < -0.4 is 11.3 Å². The minimum atomic E-state index is 0.131. The fourth-order valence-corrected chi connectivity index (χ4v) is 2.86. The maximum Gasteiger partial charge on any atom is 0.0726 e. The molecular formula is C10H12N2S2. The van der Waals surface area contributed by atoms with Crippen molar-refractivity contribution in [1.29, 1.82) is 0 Å². The zero-order valence-corrected chi connectivity index (χ0v) is 9.49. The molecule has 74 valence electrons. The molecule has 0 aliphatic carbocycles. The predicted molar refractivity (Wildman–Crippen MR) is 62.5 cm³/mol. The van der Waals surface area contributed by atoms with Gasteiger partial charge in [0.05, 0.1) is 6.04 Å². The molecule has 4 heteroatoms. The quantitative estimate of drug-likeness (QED) is 0.621. The van der Waals surface area contributed by atoms with Crippen LogP contribution in [-0.4, -0.2) is 0 Å². The summed E-state index contributed by atoms with van der Waals surface area (Å²) in [5.74, 6) is 5.56. The van der Waals surface area contributed by atoms with Crippen molar-refractivity contribution in [2.45, 2.75) is 13.0 Å². The molecule has 0 aliphatic heterocycles. The lowest BCUT2D eigenvalue weighted by Crippen LogP contribution is -2.28. The number of hydrogen-bond donors (Lipinski definition) is 2. The summed E-state index contributed by atoms with van der Waals surface area (Å²) in [4.78, 5) is 1.32. The first-order valence-electron chi connectivity index (χ1n) is 4.34. The Morgan fingerprint density at radius 3 is 2.71 bits per heavy atom. The third-order valence-electron chi connectivity index (χ3n) is 2.13. The Morgan fingerprint density at radius 1 is 1.36 bits per heavy atom. The molecule has 2 aromatic heterocycles. The van der Waals surface area contributed by atoms with Crippen LogP contribution in [0.15, 0.2) is 28.3 Å². The van der Waals surface area contributed by atoms with Crippen LogP contribution in [0.1, 0.15) is 22.0 Å². The number of aryl methyl sites for hydroxylation is 1. The van der Waals surface area contributed by atoms with Crippen molar-refractivity contribution in [3.05, 3.63) is 44.3 Å². The molecule has 14 heavy (non-hydrogen) atoms. The van der Waals surface area contributed by atoms with Gasteiger partial charge in [-0.1, -0.05) is 0 Å².